The van der Waals surface area contributed by atoms with Crippen LogP contribution in [-0.4, -0.2) is 58.5 Å². The number of hydrazine groups is 1. The number of nitrogens with zero attached hydrogens (tertiary/aromatic N) is 1. The zero-order chi connectivity index (χ0) is 33.7. The zero-order valence-electron chi connectivity index (χ0n) is 27.8. The van der Waals surface area contributed by atoms with Crippen LogP contribution in [0, 0.1) is 17.8 Å². The summed E-state index contributed by atoms with van der Waals surface area (Å²) in [6.45, 7) is 7.97. The van der Waals surface area contributed by atoms with Crippen LogP contribution < -0.4 is 16.1 Å². The van der Waals surface area contributed by atoms with Crippen molar-refractivity contribution < 1.29 is 29.0 Å². The molecule has 10 nitrogen and oxygen atoms in total. The largest absolute Gasteiger partial charge is 0.508 e. The van der Waals surface area contributed by atoms with E-state index in [1.807, 2.05) is 27.7 Å². The fraction of sp³-hybridized carbons (Fsp3) is 0.514. The van der Waals surface area contributed by atoms with E-state index < -0.39 is 35.9 Å². The number of esters is 1. The monoisotopic (exact) mass is 644 g/mol. The molecule has 0 radical (unpaired) electrons. The highest BCUT2D eigenvalue weighted by Crippen LogP contribution is 2.35. The van der Waals surface area contributed by atoms with Crippen molar-refractivity contribution in [1.82, 2.24) is 21.1 Å². The lowest BCUT2D eigenvalue weighted by Crippen LogP contribution is -2.62. The molecule has 2 unspecified atom stereocenters. The quantitative estimate of drug-likeness (QED) is 0.365. The van der Waals surface area contributed by atoms with E-state index >= 15 is 0 Å². The highest BCUT2D eigenvalue weighted by Gasteiger charge is 2.37. The number of hydrogen-bond acceptors (Lipinski definition) is 7. The van der Waals surface area contributed by atoms with Gasteiger partial charge in [-0.1, -0.05) is 64.1 Å². The van der Waals surface area contributed by atoms with Gasteiger partial charge in [0.1, 0.15) is 30.0 Å². The van der Waals surface area contributed by atoms with Crippen molar-refractivity contribution in [2.75, 3.05) is 6.54 Å². The van der Waals surface area contributed by atoms with Gasteiger partial charge >= 0.3 is 5.97 Å². The first kappa shape index (κ1) is 34.2. The molecule has 2 aromatic rings. The lowest BCUT2D eigenvalue weighted by Gasteiger charge is -2.36. The van der Waals surface area contributed by atoms with Gasteiger partial charge in [-0.15, -0.1) is 0 Å². The lowest BCUT2D eigenvalue weighted by atomic mass is 9.90. The molecule has 3 aliphatic rings. The van der Waals surface area contributed by atoms with E-state index in [4.69, 9.17) is 4.74 Å². The number of phenols is 1. The minimum absolute atomic E-state index is 0.0464. The van der Waals surface area contributed by atoms with Crippen LogP contribution in [-0.2, 0) is 36.8 Å². The Labute approximate surface area is 277 Å². The predicted octanol–water partition coefficient (Wildman–Crippen LogP) is 4.37. The van der Waals surface area contributed by atoms with E-state index in [0.29, 0.717) is 31.4 Å². The van der Waals surface area contributed by atoms with E-state index in [0.717, 1.165) is 30.4 Å². The number of carbonyl (C=O) groups excluding carboxylic acids is 4. The number of fused-ring (bicyclic) bond motifs is 3. The molecule has 2 aliphatic heterocycles. The van der Waals surface area contributed by atoms with Gasteiger partial charge in [-0.3, -0.25) is 24.2 Å². The Kier molecular flexibility index (Phi) is 11.0. The Morgan fingerprint density at radius 1 is 0.979 bits per heavy atom. The van der Waals surface area contributed by atoms with Crippen LogP contribution in [0.5, 0.6) is 5.75 Å². The summed E-state index contributed by atoms with van der Waals surface area (Å²) in [4.78, 5) is 54.7. The van der Waals surface area contributed by atoms with Gasteiger partial charge in [0.25, 0.3) is 5.91 Å². The van der Waals surface area contributed by atoms with Crippen molar-refractivity contribution in [2.45, 2.75) is 96.9 Å². The second-order valence-corrected chi connectivity index (χ2v) is 13.6. The summed E-state index contributed by atoms with van der Waals surface area (Å²) in [5, 5.41) is 17.3. The van der Waals surface area contributed by atoms with E-state index in [1.165, 1.54) is 16.6 Å². The van der Waals surface area contributed by atoms with Gasteiger partial charge < -0.3 is 20.5 Å². The molecule has 2 aromatic carbocycles. The van der Waals surface area contributed by atoms with Crippen molar-refractivity contribution in [2.24, 2.45) is 17.8 Å². The Morgan fingerprint density at radius 2 is 1.79 bits per heavy atom. The summed E-state index contributed by atoms with van der Waals surface area (Å²) in [5.41, 5.74) is 6.94. The number of carbonyl (C=O) groups is 4. The molecule has 4 N–H and O–H groups in total. The SMILES string of the molecule is CC(C)[C@@H]1NC(=O)[C@H](C)C(C)CC/C=C/c2ccc3c(c2)[C@@H](CC3)OC(=O)[C@@H]2CCCN(N2)C(=O)C(Cc2cccc(O)c2)NC1=O. The van der Waals surface area contributed by atoms with Crippen LogP contribution in [0.1, 0.15) is 88.2 Å². The molecule has 0 saturated carbocycles. The van der Waals surface area contributed by atoms with Crippen LogP contribution in [0.25, 0.3) is 6.08 Å². The highest BCUT2D eigenvalue weighted by atomic mass is 16.5. The second-order valence-electron chi connectivity index (χ2n) is 13.6. The molecule has 252 valence electrons. The number of nitrogens with one attached hydrogen (secondary N) is 3. The number of aryl methyl sites for hydroxylation is 1. The van der Waals surface area contributed by atoms with Crippen molar-refractivity contribution in [3.8, 4) is 5.75 Å². The summed E-state index contributed by atoms with van der Waals surface area (Å²) >= 11 is 0. The number of rotatable bonds is 3. The average molecular weight is 645 g/mol. The van der Waals surface area contributed by atoms with Gasteiger partial charge in [0, 0.05) is 18.9 Å². The third-order valence-corrected chi connectivity index (χ3v) is 9.77. The molecule has 0 aromatic heterocycles. The molecular formula is C37H48N4O6. The Balaban J connectivity index is 1.44. The van der Waals surface area contributed by atoms with E-state index in [1.54, 1.807) is 18.2 Å². The minimum Gasteiger partial charge on any atom is -0.508 e. The lowest BCUT2D eigenvalue weighted by molar-refractivity contribution is -0.157. The van der Waals surface area contributed by atoms with Crippen molar-refractivity contribution in [3.05, 3.63) is 70.8 Å². The van der Waals surface area contributed by atoms with Crippen LogP contribution in [0.4, 0.5) is 0 Å². The predicted molar refractivity (Wildman–Crippen MR) is 179 cm³/mol. The summed E-state index contributed by atoms with van der Waals surface area (Å²) in [6.07, 6.45) is 8.11. The molecule has 10 heteroatoms. The van der Waals surface area contributed by atoms with Crippen molar-refractivity contribution >= 4 is 29.8 Å². The van der Waals surface area contributed by atoms with Crippen LogP contribution >= 0.6 is 0 Å². The Hall–Kier alpha value is -4.18. The van der Waals surface area contributed by atoms with Crippen molar-refractivity contribution in [1.29, 1.82) is 0 Å². The number of ether oxygens (including phenoxy) is 1. The minimum atomic E-state index is -1.02. The van der Waals surface area contributed by atoms with Gasteiger partial charge in [-0.2, -0.15) is 0 Å². The number of allylic oxidation sites excluding steroid dienone is 1. The Morgan fingerprint density at radius 3 is 2.55 bits per heavy atom. The van der Waals surface area contributed by atoms with Gasteiger partial charge in [0.2, 0.25) is 11.8 Å². The summed E-state index contributed by atoms with van der Waals surface area (Å²) < 4.78 is 6.05. The first-order valence-electron chi connectivity index (χ1n) is 17.0. The van der Waals surface area contributed by atoms with Gasteiger partial charge in [0.05, 0.1) is 0 Å². The summed E-state index contributed by atoms with van der Waals surface area (Å²) in [5.74, 6) is -1.97. The maximum Gasteiger partial charge on any atom is 0.325 e. The van der Waals surface area contributed by atoms with Gasteiger partial charge in [-0.05, 0) is 90.8 Å². The summed E-state index contributed by atoms with van der Waals surface area (Å²) in [6, 6.07) is 10.2. The number of benzene rings is 2. The maximum absolute atomic E-state index is 14.1. The molecule has 1 saturated heterocycles. The fourth-order valence-electron chi connectivity index (χ4n) is 6.62. The van der Waals surface area contributed by atoms with Crippen LogP contribution in [0.3, 0.4) is 0 Å². The molecule has 1 aliphatic carbocycles. The van der Waals surface area contributed by atoms with E-state index in [9.17, 15) is 24.3 Å². The molecule has 1 fully saturated rings. The van der Waals surface area contributed by atoms with Crippen LogP contribution in [0.2, 0.25) is 0 Å². The second kappa shape index (κ2) is 15.2. The topological polar surface area (TPSA) is 137 Å². The van der Waals surface area contributed by atoms with Crippen LogP contribution in [0.15, 0.2) is 48.5 Å². The first-order chi connectivity index (χ1) is 22.5. The smallest absolute Gasteiger partial charge is 0.325 e. The van der Waals surface area contributed by atoms with E-state index in [-0.39, 0.29) is 41.9 Å². The third kappa shape index (κ3) is 8.41. The molecule has 3 amide bonds. The molecule has 4 bridgehead atoms. The standard InChI is InChI=1S/C37H48N4O6/c1-22(2)33-35(44)38-31(21-26-11-7-12-28(42)19-26)36(45)41-18-8-13-30(40-41)37(46)47-32-17-16-27-15-14-25(20-29(27)32)10-6-5-9-23(3)24(4)34(43)39-33/h6-7,10-12,14-15,19-20,22-24,30-33,40,42H,5,8-9,13,16-18,21H2,1-4H3,(H,38,44)(H,39,43)/b10-6+/t23?,24-,30+,31?,32-,33+/m1/s1. The zero-order valence-corrected chi connectivity index (χ0v) is 27.8. The first-order valence-corrected chi connectivity index (χ1v) is 17.0. The third-order valence-electron chi connectivity index (χ3n) is 9.77. The Bertz CT molecular complexity index is 1510. The normalized spacial score (nSPS) is 28.5. The fourth-order valence-corrected chi connectivity index (χ4v) is 6.62. The average Bonchev–Trinajstić information content (AvgIpc) is 3.45. The number of phenolic OH excluding ortho intramolecular Hbond substituents is 1. The van der Waals surface area contributed by atoms with Gasteiger partial charge in [0.15, 0.2) is 0 Å². The molecule has 5 rings (SSSR count). The number of amides is 3. The number of hydrogen-bond donors (Lipinski definition) is 4. The number of aromatic hydroxyl groups is 1. The highest BCUT2D eigenvalue weighted by molar-refractivity contribution is 5.93. The molecular weight excluding hydrogens is 596 g/mol. The van der Waals surface area contributed by atoms with Crippen molar-refractivity contribution in [3.63, 3.8) is 0 Å². The molecule has 0 spiro atoms. The van der Waals surface area contributed by atoms with E-state index in [2.05, 4.69) is 46.4 Å². The maximum atomic E-state index is 14.1. The molecule has 47 heavy (non-hydrogen) atoms. The molecule has 6 atom stereocenters. The molecule has 2 heterocycles. The van der Waals surface area contributed by atoms with Gasteiger partial charge in [-0.25, -0.2) is 5.43 Å². The summed E-state index contributed by atoms with van der Waals surface area (Å²) in [7, 11) is 0.